The Morgan fingerprint density at radius 1 is 1.19 bits per heavy atom. The zero-order valence-corrected chi connectivity index (χ0v) is 15.2. The maximum atomic E-state index is 14.2. The van der Waals surface area contributed by atoms with Gasteiger partial charge in [0.25, 0.3) is 0 Å². The average molecular weight is 356 g/mol. The summed E-state index contributed by atoms with van der Waals surface area (Å²) in [4.78, 5) is 19.3. The fraction of sp³-hybridized carbons (Fsp3) is 0.600. The van der Waals surface area contributed by atoms with Gasteiger partial charge in [0.05, 0.1) is 17.3 Å². The van der Waals surface area contributed by atoms with Crippen molar-refractivity contribution < 1.29 is 9.18 Å². The summed E-state index contributed by atoms with van der Waals surface area (Å²) in [5.74, 6) is 0.616. The fourth-order valence-electron chi connectivity index (χ4n) is 4.81. The summed E-state index contributed by atoms with van der Waals surface area (Å²) >= 11 is 0. The molecule has 0 aliphatic carbocycles. The molecular formula is C20H25FN4O. The number of rotatable bonds is 2. The van der Waals surface area contributed by atoms with Gasteiger partial charge in [0.15, 0.2) is 0 Å². The Hall–Kier alpha value is -2.13. The van der Waals surface area contributed by atoms with Gasteiger partial charge in [-0.1, -0.05) is 0 Å². The maximum Gasteiger partial charge on any atom is 0.225 e. The highest BCUT2D eigenvalue weighted by Crippen LogP contribution is 2.33. The Morgan fingerprint density at radius 3 is 2.62 bits per heavy atom. The molecule has 1 amide bonds. The summed E-state index contributed by atoms with van der Waals surface area (Å²) in [5.41, 5.74) is 0.869. The number of carbonyl (C=O) groups excluding carboxylic acids is 1. The predicted molar refractivity (Wildman–Crippen MR) is 97.2 cm³/mol. The van der Waals surface area contributed by atoms with E-state index in [0.29, 0.717) is 36.3 Å². The van der Waals surface area contributed by atoms with E-state index in [0.717, 1.165) is 32.5 Å². The minimum atomic E-state index is -0.357. The topological polar surface area (TPSA) is 50.6 Å². The third-order valence-electron chi connectivity index (χ3n) is 6.40. The molecule has 0 radical (unpaired) electrons. The summed E-state index contributed by atoms with van der Waals surface area (Å²) in [6, 6.07) is 7.10. The zero-order chi connectivity index (χ0) is 18.3. The lowest BCUT2D eigenvalue weighted by molar-refractivity contribution is -0.135. The number of amides is 1. The second kappa shape index (κ2) is 6.88. The number of nitriles is 1. The van der Waals surface area contributed by atoms with Gasteiger partial charge < -0.3 is 14.7 Å². The Kier molecular flexibility index (Phi) is 4.58. The van der Waals surface area contributed by atoms with Crippen molar-refractivity contribution in [3.63, 3.8) is 0 Å². The van der Waals surface area contributed by atoms with Gasteiger partial charge in [0.1, 0.15) is 5.82 Å². The van der Waals surface area contributed by atoms with Gasteiger partial charge in [0.2, 0.25) is 5.91 Å². The van der Waals surface area contributed by atoms with Crippen LogP contribution < -0.4 is 4.90 Å². The molecule has 5 nitrogen and oxygen atoms in total. The largest absolute Gasteiger partial charge is 0.369 e. The van der Waals surface area contributed by atoms with Crippen molar-refractivity contribution >= 4 is 11.6 Å². The fourth-order valence-corrected chi connectivity index (χ4v) is 4.81. The van der Waals surface area contributed by atoms with Crippen LogP contribution in [0.1, 0.15) is 24.8 Å². The lowest BCUT2D eigenvalue weighted by atomic mass is 9.94. The third kappa shape index (κ3) is 3.05. The summed E-state index contributed by atoms with van der Waals surface area (Å²) in [6.07, 6.45) is 2.72. The molecule has 0 N–H and O–H groups in total. The zero-order valence-electron chi connectivity index (χ0n) is 15.2. The lowest BCUT2D eigenvalue weighted by Crippen LogP contribution is -2.43. The molecule has 0 aromatic heterocycles. The minimum Gasteiger partial charge on any atom is -0.369 e. The Balaban J connectivity index is 1.35. The number of carbonyl (C=O) groups is 1. The first kappa shape index (κ1) is 17.3. The number of benzene rings is 1. The monoisotopic (exact) mass is 356 g/mol. The Bertz CT molecular complexity index is 738. The van der Waals surface area contributed by atoms with E-state index < -0.39 is 0 Å². The number of likely N-dealkylation sites (tertiary alicyclic amines) is 2. The quantitative estimate of drug-likeness (QED) is 0.814. The summed E-state index contributed by atoms with van der Waals surface area (Å²) in [7, 11) is 2.16. The van der Waals surface area contributed by atoms with Crippen LogP contribution in [0.3, 0.4) is 0 Å². The SMILES string of the molecule is CN1CC[C@@H]2CN(C(=O)C3CCN(c4ccc(C#N)cc4F)CC3)C[C@@H]21. The Labute approximate surface area is 154 Å². The van der Waals surface area contributed by atoms with Crippen molar-refractivity contribution in [1.29, 1.82) is 5.26 Å². The van der Waals surface area contributed by atoms with Gasteiger partial charge in [-0.25, -0.2) is 4.39 Å². The van der Waals surface area contributed by atoms with Gasteiger partial charge in [-0.05, 0) is 57.0 Å². The smallest absolute Gasteiger partial charge is 0.225 e. The van der Waals surface area contributed by atoms with Crippen LogP contribution in [0.25, 0.3) is 0 Å². The number of nitrogens with zero attached hydrogens (tertiary/aromatic N) is 4. The number of likely N-dealkylation sites (N-methyl/N-ethyl adjacent to an activating group) is 1. The highest BCUT2D eigenvalue weighted by Gasteiger charge is 2.42. The number of hydrogen-bond acceptors (Lipinski definition) is 4. The molecule has 26 heavy (non-hydrogen) atoms. The van der Waals surface area contributed by atoms with Crippen molar-refractivity contribution in [3.8, 4) is 6.07 Å². The van der Waals surface area contributed by atoms with E-state index in [-0.39, 0.29) is 17.6 Å². The number of anilines is 1. The second-order valence-electron chi connectivity index (χ2n) is 7.88. The highest BCUT2D eigenvalue weighted by molar-refractivity contribution is 5.79. The normalized spacial score (nSPS) is 26.8. The van der Waals surface area contributed by atoms with Crippen LogP contribution in [0.15, 0.2) is 18.2 Å². The maximum absolute atomic E-state index is 14.2. The minimum absolute atomic E-state index is 0.0526. The van der Waals surface area contributed by atoms with E-state index in [1.165, 1.54) is 12.5 Å². The summed E-state index contributed by atoms with van der Waals surface area (Å²) in [6.45, 7) is 4.27. The summed E-state index contributed by atoms with van der Waals surface area (Å²) in [5, 5.41) is 8.86. The van der Waals surface area contributed by atoms with Crippen molar-refractivity contribution in [1.82, 2.24) is 9.80 Å². The lowest BCUT2D eigenvalue weighted by Gasteiger charge is -2.35. The first-order valence-corrected chi connectivity index (χ1v) is 9.50. The predicted octanol–water partition coefficient (Wildman–Crippen LogP) is 2.08. The van der Waals surface area contributed by atoms with E-state index in [9.17, 15) is 9.18 Å². The van der Waals surface area contributed by atoms with E-state index in [4.69, 9.17) is 5.26 Å². The molecule has 2 atom stereocenters. The molecule has 0 bridgehead atoms. The molecule has 0 spiro atoms. The van der Waals surface area contributed by atoms with Crippen LogP contribution in [0.5, 0.6) is 0 Å². The molecule has 3 aliphatic heterocycles. The standard InChI is InChI=1S/C20H25FN4O/c1-23-7-4-16-12-25(13-19(16)23)20(26)15-5-8-24(9-6-15)18-3-2-14(11-22)10-17(18)21/h2-3,10,15-16,19H,4-9,12-13H2,1H3/t16-,19+/m1/s1. The number of halogens is 1. The van der Waals surface area contributed by atoms with Crippen LogP contribution in [-0.2, 0) is 4.79 Å². The molecule has 138 valence electrons. The number of fused-ring (bicyclic) bond motifs is 1. The molecule has 3 heterocycles. The van der Waals surface area contributed by atoms with Crippen molar-refractivity contribution in [2.75, 3.05) is 44.7 Å². The third-order valence-corrected chi connectivity index (χ3v) is 6.40. The van der Waals surface area contributed by atoms with Crippen LogP contribution in [0, 0.1) is 29.0 Å². The van der Waals surface area contributed by atoms with Crippen molar-refractivity contribution in [2.45, 2.75) is 25.3 Å². The van der Waals surface area contributed by atoms with E-state index in [2.05, 4.69) is 16.8 Å². The van der Waals surface area contributed by atoms with Gasteiger partial charge >= 0.3 is 0 Å². The molecular weight excluding hydrogens is 331 g/mol. The first-order chi connectivity index (χ1) is 12.6. The molecule has 0 saturated carbocycles. The molecule has 1 aromatic carbocycles. The molecule has 3 fully saturated rings. The Morgan fingerprint density at radius 2 is 1.96 bits per heavy atom. The van der Waals surface area contributed by atoms with Gasteiger partial charge in [-0.2, -0.15) is 5.26 Å². The van der Waals surface area contributed by atoms with Gasteiger partial charge in [-0.15, -0.1) is 0 Å². The second-order valence-corrected chi connectivity index (χ2v) is 7.88. The average Bonchev–Trinajstić information content (AvgIpc) is 3.23. The number of hydrogen-bond donors (Lipinski definition) is 0. The van der Waals surface area contributed by atoms with Gasteiger partial charge in [-0.3, -0.25) is 4.79 Å². The molecule has 1 aromatic rings. The summed E-state index contributed by atoms with van der Waals surface area (Å²) < 4.78 is 14.2. The molecule has 3 saturated heterocycles. The molecule has 0 unspecified atom stereocenters. The first-order valence-electron chi connectivity index (χ1n) is 9.50. The molecule has 4 rings (SSSR count). The van der Waals surface area contributed by atoms with Crippen LogP contribution in [0.2, 0.25) is 0 Å². The van der Waals surface area contributed by atoms with E-state index in [1.807, 2.05) is 11.0 Å². The van der Waals surface area contributed by atoms with Crippen molar-refractivity contribution in [2.24, 2.45) is 11.8 Å². The van der Waals surface area contributed by atoms with E-state index in [1.54, 1.807) is 12.1 Å². The highest BCUT2D eigenvalue weighted by atomic mass is 19.1. The number of piperidine rings is 1. The van der Waals surface area contributed by atoms with Crippen molar-refractivity contribution in [3.05, 3.63) is 29.6 Å². The van der Waals surface area contributed by atoms with Crippen LogP contribution in [0.4, 0.5) is 10.1 Å². The van der Waals surface area contributed by atoms with Gasteiger partial charge in [0, 0.05) is 38.1 Å². The van der Waals surface area contributed by atoms with E-state index >= 15 is 0 Å². The van der Waals surface area contributed by atoms with Crippen LogP contribution in [-0.4, -0.2) is 61.5 Å². The van der Waals surface area contributed by atoms with Crippen LogP contribution >= 0.6 is 0 Å². The molecule has 3 aliphatic rings. The molecule has 6 heteroatoms.